The number of unbranched alkanes of at least 4 members (excludes halogenated alkanes) is 1. The molecule has 2 heteroatoms. The van der Waals surface area contributed by atoms with Crippen molar-refractivity contribution < 1.29 is 9.53 Å². The van der Waals surface area contributed by atoms with E-state index in [2.05, 4.69) is 6.92 Å². The van der Waals surface area contributed by atoms with Crippen LogP contribution in [0.15, 0.2) is 0 Å². The zero-order valence-electron chi connectivity index (χ0n) is 5.85. The maximum atomic E-state index is 10.4. The van der Waals surface area contributed by atoms with E-state index in [-0.39, 0.29) is 5.97 Å². The first kappa shape index (κ1) is 8.47. The Bertz CT molecular complexity index is 79.0. The summed E-state index contributed by atoms with van der Waals surface area (Å²) >= 11 is 0. The van der Waals surface area contributed by atoms with Crippen LogP contribution in [-0.2, 0) is 9.53 Å². The van der Waals surface area contributed by atoms with E-state index in [1.54, 1.807) is 6.92 Å². The van der Waals surface area contributed by atoms with E-state index in [1.165, 1.54) is 0 Å². The average molecular weight is 129 g/mol. The summed E-state index contributed by atoms with van der Waals surface area (Å²) in [4.78, 5) is 10.4. The molecule has 0 heterocycles. The van der Waals surface area contributed by atoms with Crippen LogP contribution < -0.4 is 0 Å². The van der Waals surface area contributed by atoms with E-state index in [0.717, 1.165) is 12.8 Å². The second kappa shape index (κ2) is 5.60. The van der Waals surface area contributed by atoms with Gasteiger partial charge in [0.05, 0.1) is 6.61 Å². The molecule has 0 spiro atoms. The van der Waals surface area contributed by atoms with Crippen LogP contribution in [0.5, 0.6) is 0 Å². The molecule has 0 bridgehead atoms. The van der Waals surface area contributed by atoms with E-state index in [4.69, 9.17) is 4.74 Å². The zero-order valence-corrected chi connectivity index (χ0v) is 5.85. The second-order valence-corrected chi connectivity index (χ2v) is 1.78. The lowest BCUT2D eigenvalue weighted by molar-refractivity contribution is -0.143. The second-order valence-electron chi connectivity index (χ2n) is 1.78. The minimum Gasteiger partial charge on any atom is -0.466 e. The van der Waals surface area contributed by atoms with Gasteiger partial charge in [0, 0.05) is 6.42 Å². The summed E-state index contributed by atoms with van der Waals surface area (Å²) in [6.45, 7) is 5.93. The van der Waals surface area contributed by atoms with E-state index >= 15 is 0 Å². The SMILES string of the molecule is [CH2]CCCOC(=O)CC. The van der Waals surface area contributed by atoms with Gasteiger partial charge in [-0.25, -0.2) is 0 Å². The zero-order chi connectivity index (χ0) is 7.11. The Balaban J connectivity index is 2.97. The highest BCUT2D eigenvalue weighted by molar-refractivity contribution is 5.68. The smallest absolute Gasteiger partial charge is 0.305 e. The van der Waals surface area contributed by atoms with Gasteiger partial charge < -0.3 is 4.74 Å². The lowest BCUT2D eigenvalue weighted by Gasteiger charge is -1.99. The minimum absolute atomic E-state index is 0.122. The topological polar surface area (TPSA) is 26.3 Å². The maximum absolute atomic E-state index is 10.4. The van der Waals surface area contributed by atoms with Crippen molar-refractivity contribution in [2.24, 2.45) is 0 Å². The molecule has 0 saturated heterocycles. The molecule has 0 saturated carbocycles. The Kier molecular flexibility index (Phi) is 5.27. The van der Waals surface area contributed by atoms with Crippen LogP contribution >= 0.6 is 0 Å². The first-order valence-corrected chi connectivity index (χ1v) is 3.26. The van der Waals surface area contributed by atoms with Crippen molar-refractivity contribution in [1.29, 1.82) is 0 Å². The van der Waals surface area contributed by atoms with E-state index < -0.39 is 0 Å². The molecule has 0 atom stereocenters. The van der Waals surface area contributed by atoms with Crippen LogP contribution in [0.2, 0.25) is 0 Å². The number of ether oxygens (including phenoxy) is 1. The molecule has 0 aromatic heterocycles. The minimum atomic E-state index is -0.122. The van der Waals surface area contributed by atoms with Crippen molar-refractivity contribution in [3.63, 3.8) is 0 Å². The Hall–Kier alpha value is -0.530. The first-order chi connectivity index (χ1) is 4.31. The fraction of sp³-hybridized carbons (Fsp3) is 0.714. The molecule has 0 unspecified atom stereocenters. The van der Waals surface area contributed by atoms with Gasteiger partial charge in [0.15, 0.2) is 0 Å². The third-order valence-corrected chi connectivity index (χ3v) is 0.946. The third-order valence-electron chi connectivity index (χ3n) is 0.946. The summed E-state index contributed by atoms with van der Waals surface area (Å²) in [7, 11) is 0. The Morgan fingerprint density at radius 2 is 2.33 bits per heavy atom. The molecule has 1 radical (unpaired) electrons. The van der Waals surface area contributed by atoms with Crippen molar-refractivity contribution in [3.05, 3.63) is 6.92 Å². The quantitative estimate of drug-likeness (QED) is 0.425. The Morgan fingerprint density at radius 3 is 2.78 bits per heavy atom. The van der Waals surface area contributed by atoms with Gasteiger partial charge in [-0.3, -0.25) is 4.79 Å². The molecule has 0 aliphatic rings. The van der Waals surface area contributed by atoms with Crippen LogP contribution in [0, 0.1) is 6.92 Å². The standard InChI is InChI=1S/C7H13O2/c1-3-5-6-9-7(8)4-2/h1,3-6H2,2H3. The molecular weight excluding hydrogens is 116 g/mol. The molecule has 0 aromatic carbocycles. The lowest BCUT2D eigenvalue weighted by atomic mass is 10.4. The first-order valence-electron chi connectivity index (χ1n) is 3.26. The highest BCUT2D eigenvalue weighted by Crippen LogP contribution is 1.89. The van der Waals surface area contributed by atoms with Gasteiger partial charge in [0.25, 0.3) is 0 Å². The number of hydrogen-bond donors (Lipinski definition) is 0. The summed E-state index contributed by atoms with van der Waals surface area (Å²) in [5.41, 5.74) is 0. The molecule has 2 nitrogen and oxygen atoms in total. The third kappa shape index (κ3) is 5.34. The van der Waals surface area contributed by atoms with Gasteiger partial charge in [-0.1, -0.05) is 20.3 Å². The van der Waals surface area contributed by atoms with Crippen molar-refractivity contribution in [2.75, 3.05) is 6.61 Å². The lowest BCUT2D eigenvalue weighted by Crippen LogP contribution is -2.02. The summed E-state index contributed by atoms with van der Waals surface area (Å²) in [5.74, 6) is -0.122. The van der Waals surface area contributed by atoms with Crippen LogP contribution in [0.3, 0.4) is 0 Å². The normalized spacial score (nSPS) is 9.11. The van der Waals surface area contributed by atoms with Gasteiger partial charge in [0.2, 0.25) is 0 Å². The maximum Gasteiger partial charge on any atom is 0.305 e. The Labute approximate surface area is 56.2 Å². The van der Waals surface area contributed by atoms with E-state index in [0.29, 0.717) is 13.0 Å². The van der Waals surface area contributed by atoms with Gasteiger partial charge in [-0.05, 0) is 6.42 Å². The molecular formula is C7H13O2. The van der Waals surface area contributed by atoms with E-state index in [9.17, 15) is 4.79 Å². The summed E-state index contributed by atoms with van der Waals surface area (Å²) in [6.07, 6.45) is 2.17. The van der Waals surface area contributed by atoms with Gasteiger partial charge in [-0.2, -0.15) is 0 Å². The van der Waals surface area contributed by atoms with Crippen molar-refractivity contribution in [1.82, 2.24) is 0 Å². The van der Waals surface area contributed by atoms with Gasteiger partial charge in [0.1, 0.15) is 0 Å². The average Bonchev–Trinajstić information content (AvgIpc) is 1.89. The number of carbonyl (C=O) groups is 1. The number of esters is 1. The fourth-order valence-electron chi connectivity index (χ4n) is 0.390. The molecule has 0 amide bonds. The highest BCUT2D eigenvalue weighted by atomic mass is 16.5. The predicted octanol–water partition coefficient (Wildman–Crippen LogP) is 1.55. The van der Waals surface area contributed by atoms with Gasteiger partial charge >= 0.3 is 5.97 Å². The number of rotatable bonds is 4. The van der Waals surface area contributed by atoms with Crippen molar-refractivity contribution in [3.8, 4) is 0 Å². The molecule has 53 valence electrons. The molecule has 0 aliphatic heterocycles. The van der Waals surface area contributed by atoms with Crippen molar-refractivity contribution >= 4 is 5.97 Å². The van der Waals surface area contributed by atoms with Crippen LogP contribution in [0.1, 0.15) is 26.2 Å². The van der Waals surface area contributed by atoms with Crippen molar-refractivity contribution in [2.45, 2.75) is 26.2 Å². The molecule has 0 fully saturated rings. The molecule has 0 N–H and O–H groups in total. The predicted molar refractivity (Wildman–Crippen MR) is 35.8 cm³/mol. The molecule has 0 aliphatic carbocycles. The number of hydrogen-bond acceptors (Lipinski definition) is 2. The summed E-state index contributed by atoms with van der Waals surface area (Å²) in [5, 5.41) is 0. The molecule has 0 rings (SSSR count). The number of carbonyl (C=O) groups excluding carboxylic acids is 1. The molecule has 0 aromatic rings. The highest BCUT2D eigenvalue weighted by Gasteiger charge is 1.94. The fourth-order valence-corrected chi connectivity index (χ4v) is 0.390. The molecule has 9 heavy (non-hydrogen) atoms. The van der Waals surface area contributed by atoms with Crippen LogP contribution in [-0.4, -0.2) is 12.6 Å². The van der Waals surface area contributed by atoms with Gasteiger partial charge in [-0.15, -0.1) is 0 Å². The summed E-state index contributed by atoms with van der Waals surface area (Å²) < 4.78 is 4.75. The van der Waals surface area contributed by atoms with Crippen LogP contribution in [0.4, 0.5) is 0 Å². The Morgan fingerprint density at radius 1 is 1.67 bits per heavy atom. The van der Waals surface area contributed by atoms with E-state index in [1.807, 2.05) is 0 Å². The van der Waals surface area contributed by atoms with Crippen LogP contribution in [0.25, 0.3) is 0 Å². The monoisotopic (exact) mass is 129 g/mol. The summed E-state index contributed by atoms with van der Waals surface area (Å²) in [6, 6.07) is 0. The largest absolute Gasteiger partial charge is 0.466 e.